The Bertz CT molecular complexity index is 3340. The number of aromatic nitrogens is 2. The van der Waals surface area contributed by atoms with Gasteiger partial charge in [0.15, 0.2) is 0 Å². The summed E-state index contributed by atoms with van der Waals surface area (Å²) in [6, 6.07) is 78.5. The van der Waals surface area contributed by atoms with E-state index in [0.29, 0.717) is 0 Å². The minimum absolute atomic E-state index is 0.0533. The van der Waals surface area contributed by atoms with E-state index in [-0.39, 0.29) is 13.4 Å². The van der Waals surface area contributed by atoms with Crippen LogP contribution < -0.4 is 42.6 Å². The second kappa shape index (κ2) is 14.1. The van der Waals surface area contributed by atoms with Gasteiger partial charge in [-0.3, -0.25) is 9.97 Å². The molecular weight excluding hydrogens is 762 g/mol. The molecule has 2 aromatic heterocycles. The van der Waals surface area contributed by atoms with Crippen molar-refractivity contribution in [2.45, 2.75) is 5.41 Å². The van der Waals surface area contributed by atoms with Crippen LogP contribution in [0, 0.1) is 0 Å². The number of pyridine rings is 2. The monoisotopic (exact) mass is 800 g/mol. The van der Waals surface area contributed by atoms with Crippen LogP contribution >= 0.6 is 0 Å². The fourth-order valence-electron chi connectivity index (χ4n) is 11.4. The van der Waals surface area contributed by atoms with Gasteiger partial charge < -0.3 is 9.80 Å². The van der Waals surface area contributed by atoms with E-state index in [1.165, 1.54) is 60.7 Å². The van der Waals surface area contributed by atoms with E-state index < -0.39 is 5.41 Å². The van der Waals surface area contributed by atoms with E-state index in [1.54, 1.807) is 0 Å². The van der Waals surface area contributed by atoms with Crippen molar-refractivity contribution in [1.29, 1.82) is 0 Å². The van der Waals surface area contributed by atoms with Gasteiger partial charge in [-0.1, -0.05) is 181 Å². The van der Waals surface area contributed by atoms with Crippen molar-refractivity contribution in [3.63, 3.8) is 0 Å². The lowest BCUT2D eigenvalue weighted by molar-refractivity contribution is 0.751. The Morgan fingerprint density at radius 1 is 0.413 bits per heavy atom. The fraction of sp³-hybridized carbons (Fsp3) is 0.0175. The predicted molar refractivity (Wildman–Crippen MR) is 263 cm³/mol. The van der Waals surface area contributed by atoms with Gasteiger partial charge in [-0.25, -0.2) is 0 Å². The lowest BCUT2D eigenvalue weighted by atomic mass is 9.27. The fourth-order valence-corrected chi connectivity index (χ4v) is 11.4. The maximum atomic E-state index is 5.12. The van der Waals surface area contributed by atoms with Gasteiger partial charge in [0.1, 0.15) is 0 Å². The number of anilines is 6. The highest BCUT2D eigenvalue weighted by atomic mass is 15.2. The highest BCUT2D eigenvalue weighted by Gasteiger charge is 2.54. The molecule has 4 nitrogen and oxygen atoms in total. The molecule has 3 aliphatic heterocycles. The first-order chi connectivity index (χ1) is 31.3. The summed E-state index contributed by atoms with van der Waals surface area (Å²) >= 11 is 0. The summed E-state index contributed by atoms with van der Waals surface area (Å²) in [5.41, 5.74) is 19.7. The Morgan fingerprint density at radius 3 is 1.71 bits per heavy atom. The second-order valence-corrected chi connectivity index (χ2v) is 16.8. The Balaban J connectivity index is 1.30. The summed E-state index contributed by atoms with van der Waals surface area (Å²) in [7, 11) is 0. The van der Waals surface area contributed by atoms with Crippen LogP contribution in [0.3, 0.4) is 0 Å². The first-order valence-electron chi connectivity index (χ1n) is 21.8. The van der Waals surface area contributed by atoms with Crippen LogP contribution in [0.5, 0.6) is 0 Å². The molecule has 0 amide bonds. The van der Waals surface area contributed by atoms with Crippen LogP contribution in [0.15, 0.2) is 231 Å². The lowest BCUT2D eigenvalue weighted by Crippen LogP contribution is -2.68. The Kier molecular flexibility index (Phi) is 7.98. The van der Waals surface area contributed by atoms with Crippen LogP contribution in [-0.2, 0) is 5.41 Å². The number of benzene rings is 8. The van der Waals surface area contributed by atoms with Gasteiger partial charge in [0.05, 0.1) is 28.5 Å². The van der Waals surface area contributed by atoms with Gasteiger partial charge in [-0.2, -0.15) is 0 Å². The quantitative estimate of drug-likeness (QED) is 0.163. The molecule has 0 spiro atoms. The van der Waals surface area contributed by atoms with Crippen LogP contribution in [0.4, 0.5) is 34.1 Å². The molecule has 0 fully saturated rings. The largest absolute Gasteiger partial charge is 0.310 e. The van der Waals surface area contributed by atoms with E-state index in [9.17, 15) is 0 Å². The van der Waals surface area contributed by atoms with Gasteiger partial charge in [0.25, 0.3) is 0 Å². The third-order valence-electron chi connectivity index (χ3n) is 13.8. The van der Waals surface area contributed by atoms with Crippen molar-refractivity contribution >= 4 is 91.2 Å². The van der Waals surface area contributed by atoms with Crippen molar-refractivity contribution in [3.8, 4) is 0 Å². The van der Waals surface area contributed by atoms with E-state index >= 15 is 0 Å². The van der Waals surface area contributed by atoms with Crippen LogP contribution in [0.2, 0.25) is 0 Å². The number of hydrogen-bond donors (Lipinski definition) is 0. The first kappa shape index (κ1) is 35.8. The first-order valence-corrected chi connectivity index (χ1v) is 21.8. The minimum Gasteiger partial charge on any atom is -0.310 e. The summed E-state index contributed by atoms with van der Waals surface area (Å²) in [4.78, 5) is 15.0. The molecule has 0 bridgehead atoms. The molecule has 0 atom stereocenters. The van der Waals surface area contributed by atoms with E-state index in [1.807, 2.05) is 24.7 Å². The second-order valence-electron chi connectivity index (χ2n) is 16.8. The summed E-state index contributed by atoms with van der Waals surface area (Å²) in [6.07, 6.45) is 5.83. The molecule has 0 saturated heterocycles. The molecule has 0 saturated carbocycles. The van der Waals surface area contributed by atoms with Gasteiger partial charge in [0.2, 0.25) is 13.4 Å². The van der Waals surface area contributed by atoms with Crippen LogP contribution in [0.25, 0.3) is 10.9 Å². The maximum absolute atomic E-state index is 5.12. The van der Waals surface area contributed by atoms with E-state index in [4.69, 9.17) is 9.97 Å². The number of hydrogen-bond acceptors (Lipinski definition) is 4. The zero-order valence-electron chi connectivity index (χ0n) is 34.4. The Morgan fingerprint density at radius 2 is 1.00 bits per heavy atom. The molecule has 0 radical (unpaired) electrons. The number of para-hydroxylation sites is 3. The molecule has 10 aromatic rings. The van der Waals surface area contributed by atoms with Crippen molar-refractivity contribution in [2.24, 2.45) is 0 Å². The molecule has 8 aromatic carbocycles. The molecule has 63 heavy (non-hydrogen) atoms. The van der Waals surface area contributed by atoms with Crippen molar-refractivity contribution in [2.75, 3.05) is 9.80 Å². The third-order valence-corrected chi connectivity index (χ3v) is 13.8. The summed E-state index contributed by atoms with van der Waals surface area (Å²) in [6.45, 7) is -0.163. The van der Waals surface area contributed by atoms with E-state index in [2.05, 4.69) is 216 Å². The van der Waals surface area contributed by atoms with Crippen LogP contribution in [0.1, 0.15) is 22.3 Å². The van der Waals surface area contributed by atoms with Gasteiger partial charge in [-0.05, 0) is 86.6 Å². The topological polar surface area (TPSA) is 32.3 Å². The molecule has 0 aliphatic carbocycles. The van der Waals surface area contributed by atoms with Crippen molar-refractivity contribution in [3.05, 3.63) is 253 Å². The van der Waals surface area contributed by atoms with Gasteiger partial charge in [0, 0.05) is 40.5 Å². The summed E-state index contributed by atoms with van der Waals surface area (Å²) in [5, 5.41) is 1.10. The van der Waals surface area contributed by atoms with E-state index in [0.717, 1.165) is 39.3 Å². The van der Waals surface area contributed by atoms with Crippen LogP contribution in [-0.4, -0.2) is 23.4 Å². The minimum atomic E-state index is -0.691. The van der Waals surface area contributed by atoms with Gasteiger partial charge >= 0.3 is 0 Å². The number of rotatable bonds is 5. The highest BCUT2D eigenvalue weighted by molar-refractivity contribution is 7.02. The zero-order valence-corrected chi connectivity index (χ0v) is 34.4. The molecule has 13 rings (SSSR count). The molecule has 6 heteroatoms. The smallest absolute Gasteiger partial charge is 0.249 e. The van der Waals surface area contributed by atoms with Crippen molar-refractivity contribution in [1.82, 2.24) is 9.97 Å². The summed E-state index contributed by atoms with van der Waals surface area (Å²) < 4.78 is 0. The number of nitrogens with zero attached hydrogens (tertiary/aromatic N) is 4. The van der Waals surface area contributed by atoms with Gasteiger partial charge in [-0.15, -0.1) is 0 Å². The predicted octanol–water partition coefficient (Wildman–Crippen LogP) is 8.92. The average molecular weight is 801 g/mol. The molecule has 3 aliphatic rings. The third kappa shape index (κ3) is 5.06. The molecule has 5 heterocycles. The van der Waals surface area contributed by atoms with Crippen molar-refractivity contribution < 1.29 is 0 Å². The molecule has 0 N–H and O–H groups in total. The molecular formula is C57H38B2N4. The zero-order chi connectivity index (χ0) is 41.5. The SMILES string of the molecule is c1ccc(B2c3ccccc3N(c3cccc4cccnc34)c3cc4c5c(c32)N(c2cccnc2)c2ccccc2B5c2ccccc2C4(c2ccccc2)c2ccccc2)cc1. The lowest BCUT2D eigenvalue weighted by Gasteiger charge is -2.51. The standard InChI is InChI=1S/C57H38B2N4/c1-4-21-40(22-5-1)57(41-23-6-2-7-24-41)44-28-10-11-29-46(44)59-48-31-13-14-32-49(48)62(43-27-18-35-60-38-43)56-53(59)45(57)37-52-54(56)58(42-25-8-3-9-26-42)47-30-12-15-33-50(47)63(52)51-34-16-19-39-20-17-36-61-55(39)51/h1-38H. The average Bonchev–Trinajstić information content (AvgIpc) is 3.36. The number of fused-ring (bicyclic) bond motifs is 8. The Hall–Kier alpha value is -7.95. The summed E-state index contributed by atoms with van der Waals surface area (Å²) in [5.74, 6) is 0. The normalized spacial score (nSPS) is 14.0. The maximum Gasteiger partial charge on any atom is 0.249 e. The highest BCUT2D eigenvalue weighted by Crippen LogP contribution is 2.52. The molecule has 292 valence electrons. The molecule has 0 unspecified atom stereocenters. The Labute approximate surface area is 368 Å².